The number of hydrogen-bond acceptors (Lipinski definition) is 2. The van der Waals surface area contributed by atoms with Gasteiger partial charge in [0, 0.05) is 5.39 Å². The molecule has 0 aliphatic rings. The SMILES string of the molecule is Nc1ccc2c3ccccc3c3ccccc3c2c1N. The van der Waals surface area contributed by atoms with Gasteiger partial charge in [0.2, 0.25) is 0 Å². The van der Waals surface area contributed by atoms with E-state index in [1.165, 1.54) is 16.2 Å². The summed E-state index contributed by atoms with van der Waals surface area (Å²) in [6, 6.07) is 20.7. The quantitative estimate of drug-likeness (QED) is 0.365. The van der Waals surface area contributed by atoms with E-state index >= 15 is 0 Å². The van der Waals surface area contributed by atoms with Gasteiger partial charge in [-0.25, -0.2) is 0 Å². The Kier molecular flexibility index (Phi) is 2.15. The Morgan fingerprint density at radius 2 is 0.950 bits per heavy atom. The van der Waals surface area contributed by atoms with E-state index in [1.807, 2.05) is 12.1 Å². The van der Waals surface area contributed by atoms with Crippen molar-refractivity contribution < 1.29 is 0 Å². The monoisotopic (exact) mass is 258 g/mol. The van der Waals surface area contributed by atoms with Crippen molar-refractivity contribution in [2.45, 2.75) is 0 Å². The molecular weight excluding hydrogens is 244 g/mol. The summed E-state index contributed by atoms with van der Waals surface area (Å²) in [5.74, 6) is 0. The first-order valence-corrected chi connectivity index (χ1v) is 6.64. The average Bonchev–Trinajstić information content (AvgIpc) is 2.50. The Labute approximate surface area is 116 Å². The van der Waals surface area contributed by atoms with Gasteiger partial charge in [-0.1, -0.05) is 54.6 Å². The molecule has 0 saturated heterocycles. The van der Waals surface area contributed by atoms with Crippen molar-refractivity contribution in [1.82, 2.24) is 0 Å². The molecule has 0 bridgehead atoms. The van der Waals surface area contributed by atoms with E-state index in [4.69, 9.17) is 11.5 Å². The Morgan fingerprint density at radius 1 is 0.500 bits per heavy atom. The van der Waals surface area contributed by atoms with Crippen LogP contribution in [0.15, 0.2) is 60.7 Å². The maximum Gasteiger partial charge on any atom is 0.0633 e. The van der Waals surface area contributed by atoms with Crippen LogP contribution in [0.4, 0.5) is 11.4 Å². The standard InChI is InChI=1S/C18H14N2/c19-16-10-9-15-13-7-2-1-5-11(13)12-6-3-4-8-14(12)17(15)18(16)20/h1-10H,19-20H2. The molecule has 0 aliphatic carbocycles. The van der Waals surface area contributed by atoms with Gasteiger partial charge in [0.05, 0.1) is 11.4 Å². The zero-order valence-electron chi connectivity index (χ0n) is 10.9. The van der Waals surface area contributed by atoms with Gasteiger partial charge < -0.3 is 11.5 Å². The van der Waals surface area contributed by atoms with Crippen LogP contribution < -0.4 is 11.5 Å². The molecule has 2 nitrogen and oxygen atoms in total. The lowest BCUT2D eigenvalue weighted by Gasteiger charge is -2.13. The van der Waals surface area contributed by atoms with Crippen LogP contribution in [-0.2, 0) is 0 Å². The van der Waals surface area contributed by atoms with Gasteiger partial charge in [-0.05, 0) is 33.0 Å². The summed E-state index contributed by atoms with van der Waals surface area (Å²) in [4.78, 5) is 0. The fourth-order valence-electron chi connectivity index (χ4n) is 3.04. The average molecular weight is 258 g/mol. The summed E-state index contributed by atoms with van der Waals surface area (Å²) in [7, 11) is 0. The highest BCUT2D eigenvalue weighted by Gasteiger charge is 2.11. The van der Waals surface area contributed by atoms with Crippen LogP contribution in [0.1, 0.15) is 0 Å². The highest BCUT2D eigenvalue weighted by atomic mass is 14.7. The summed E-state index contributed by atoms with van der Waals surface area (Å²) in [6.07, 6.45) is 0. The van der Waals surface area contributed by atoms with Gasteiger partial charge in [-0.15, -0.1) is 0 Å². The molecule has 0 aromatic heterocycles. The molecule has 0 amide bonds. The highest BCUT2D eigenvalue weighted by Crippen LogP contribution is 2.39. The van der Waals surface area contributed by atoms with Crippen molar-refractivity contribution in [3.05, 3.63) is 60.7 Å². The topological polar surface area (TPSA) is 52.0 Å². The van der Waals surface area contributed by atoms with Crippen LogP contribution in [0.3, 0.4) is 0 Å². The smallest absolute Gasteiger partial charge is 0.0633 e. The van der Waals surface area contributed by atoms with E-state index in [9.17, 15) is 0 Å². The molecule has 96 valence electrons. The molecule has 2 heteroatoms. The predicted octanol–water partition coefficient (Wildman–Crippen LogP) is 4.31. The zero-order chi connectivity index (χ0) is 13.7. The minimum absolute atomic E-state index is 0.637. The van der Waals surface area contributed by atoms with E-state index in [0.29, 0.717) is 11.4 Å². The van der Waals surface area contributed by atoms with Crippen molar-refractivity contribution >= 4 is 43.7 Å². The van der Waals surface area contributed by atoms with Gasteiger partial charge in [0.15, 0.2) is 0 Å². The lowest BCUT2D eigenvalue weighted by Crippen LogP contribution is -1.96. The minimum Gasteiger partial charge on any atom is -0.397 e. The van der Waals surface area contributed by atoms with Gasteiger partial charge in [0.1, 0.15) is 0 Å². The number of hydrogen-bond donors (Lipinski definition) is 2. The molecule has 0 heterocycles. The van der Waals surface area contributed by atoms with Crippen molar-refractivity contribution in [3.8, 4) is 0 Å². The summed E-state index contributed by atoms with van der Waals surface area (Å²) in [6.45, 7) is 0. The number of benzene rings is 4. The van der Waals surface area contributed by atoms with E-state index in [1.54, 1.807) is 0 Å². The second-order valence-corrected chi connectivity index (χ2v) is 5.08. The van der Waals surface area contributed by atoms with E-state index < -0.39 is 0 Å². The predicted molar refractivity (Wildman–Crippen MR) is 87.8 cm³/mol. The van der Waals surface area contributed by atoms with Crippen LogP contribution in [0.2, 0.25) is 0 Å². The molecule has 4 aromatic rings. The molecular formula is C18H14N2. The molecule has 0 aliphatic heterocycles. The minimum atomic E-state index is 0.637. The van der Waals surface area contributed by atoms with Gasteiger partial charge in [0.25, 0.3) is 0 Å². The summed E-state index contributed by atoms with van der Waals surface area (Å²) < 4.78 is 0. The molecule has 4 N–H and O–H groups in total. The largest absolute Gasteiger partial charge is 0.397 e. The normalized spacial score (nSPS) is 11.4. The summed E-state index contributed by atoms with van der Waals surface area (Å²) in [5, 5.41) is 7.05. The molecule has 0 spiro atoms. The fraction of sp³-hybridized carbons (Fsp3) is 0. The van der Waals surface area contributed by atoms with Crippen LogP contribution in [0.25, 0.3) is 32.3 Å². The van der Waals surface area contributed by atoms with Crippen LogP contribution in [0, 0.1) is 0 Å². The first-order chi connectivity index (χ1) is 9.77. The van der Waals surface area contributed by atoms with Gasteiger partial charge >= 0.3 is 0 Å². The first-order valence-electron chi connectivity index (χ1n) is 6.64. The Hall–Kier alpha value is -2.74. The number of nitrogens with two attached hydrogens (primary N) is 2. The maximum atomic E-state index is 6.25. The van der Waals surface area contributed by atoms with Gasteiger partial charge in [-0.2, -0.15) is 0 Å². The number of nitrogen functional groups attached to an aromatic ring is 2. The van der Waals surface area contributed by atoms with Gasteiger partial charge in [-0.3, -0.25) is 0 Å². The molecule has 0 unspecified atom stereocenters. The Morgan fingerprint density at radius 3 is 1.55 bits per heavy atom. The first kappa shape index (κ1) is 11.1. The fourth-order valence-corrected chi connectivity index (χ4v) is 3.04. The molecule has 0 fully saturated rings. The number of fused-ring (bicyclic) bond motifs is 6. The Balaban J connectivity index is 2.46. The van der Waals surface area contributed by atoms with Crippen LogP contribution in [-0.4, -0.2) is 0 Å². The second kappa shape index (κ2) is 3.87. The zero-order valence-corrected chi connectivity index (χ0v) is 10.9. The molecule has 4 aromatic carbocycles. The molecule has 0 atom stereocenters. The van der Waals surface area contributed by atoms with E-state index in [2.05, 4.69) is 48.5 Å². The number of anilines is 2. The lowest BCUT2D eigenvalue weighted by atomic mass is 9.93. The van der Waals surface area contributed by atoms with Crippen LogP contribution in [0.5, 0.6) is 0 Å². The third-order valence-electron chi connectivity index (χ3n) is 3.98. The molecule has 4 rings (SSSR count). The van der Waals surface area contributed by atoms with Crippen molar-refractivity contribution in [3.63, 3.8) is 0 Å². The van der Waals surface area contributed by atoms with Crippen LogP contribution >= 0.6 is 0 Å². The highest BCUT2D eigenvalue weighted by molar-refractivity contribution is 6.28. The third-order valence-corrected chi connectivity index (χ3v) is 3.98. The van der Waals surface area contributed by atoms with Crippen molar-refractivity contribution in [1.29, 1.82) is 0 Å². The third kappa shape index (κ3) is 1.33. The summed E-state index contributed by atoms with van der Waals surface area (Å²) >= 11 is 0. The lowest BCUT2D eigenvalue weighted by molar-refractivity contribution is 1.73. The molecule has 0 radical (unpaired) electrons. The van der Waals surface area contributed by atoms with E-state index in [0.717, 1.165) is 16.2 Å². The Bertz CT molecular complexity index is 936. The van der Waals surface area contributed by atoms with E-state index in [-0.39, 0.29) is 0 Å². The maximum absolute atomic E-state index is 6.25. The van der Waals surface area contributed by atoms with Crippen molar-refractivity contribution in [2.75, 3.05) is 11.5 Å². The molecule has 20 heavy (non-hydrogen) atoms. The summed E-state index contributed by atoms with van der Waals surface area (Å²) in [5.41, 5.74) is 13.6. The second-order valence-electron chi connectivity index (χ2n) is 5.08. The van der Waals surface area contributed by atoms with Crippen molar-refractivity contribution in [2.24, 2.45) is 0 Å². The molecule has 0 saturated carbocycles. The number of rotatable bonds is 0.